The molecule has 144 valence electrons. The maximum Gasteiger partial charge on any atom is 0.256 e. The Morgan fingerprint density at radius 2 is 1.96 bits per heavy atom. The van der Waals surface area contributed by atoms with E-state index in [9.17, 15) is 0 Å². The van der Waals surface area contributed by atoms with Gasteiger partial charge in [0.1, 0.15) is 18.9 Å². The summed E-state index contributed by atoms with van der Waals surface area (Å²) < 4.78 is 21.4. The molecule has 0 radical (unpaired) electrons. The molecule has 0 aromatic carbocycles. The lowest BCUT2D eigenvalue weighted by molar-refractivity contribution is -0.551. The summed E-state index contributed by atoms with van der Waals surface area (Å²) in [5.74, 6) is 1.03. The van der Waals surface area contributed by atoms with E-state index in [2.05, 4.69) is 9.67 Å². The molecule has 0 amide bonds. The summed E-state index contributed by atoms with van der Waals surface area (Å²) in [5, 5.41) is 4.64. The molecule has 26 heavy (non-hydrogen) atoms. The van der Waals surface area contributed by atoms with Crippen LogP contribution >= 0.6 is 0 Å². The number of rotatable bonds is 4. The van der Waals surface area contributed by atoms with E-state index in [-0.39, 0.29) is 0 Å². The van der Waals surface area contributed by atoms with Crippen LogP contribution in [0.5, 0.6) is 5.88 Å². The van der Waals surface area contributed by atoms with E-state index in [0.29, 0.717) is 30.1 Å². The van der Waals surface area contributed by atoms with Gasteiger partial charge < -0.3 is 19.9 Å². The van der Waals surface area contributed by atoms with E-state index in [1.165, 1.54) is 0 Å². The number of nitrogens with two attached hydrogens (primary N) is 1. The first-order valence-corrected chi connectivity index (χ1v) is 10.0. The van der Waals surface area contributed by atoms with Crippen molar-refractivity contribution in [1.29, 1.82) is 0 Å². The van der Waals surface area contributed by atoms with Crippen LogP contribution in [-0.4, -0.2) is 66.2 Å². The second kappa shape index (κ2) is 8.39. The minimum atomic E-state index is 0.414. The quantitative estimate of drug-likeness (QED) is 0.827. The highest BCUT2D eigenvalue weighted by Gasteiger charge is 2.27. The van der Waals surface area contributed by atoms with Crippen LogP contribution < -0.4 is 10.5 Å². The Hall–Kier alpha value is -1.60. The minimum absolute atomic E-state index is 0.414. The molecule has 3 fully saturated rings. The van der Waals surface area contributed by atoms with Crippen LogP contribution in [0.2, 0.25) is 0 Å². The Morgan fingerprint density at radius 1 is 1.15 bits per heavy atom. The fourth-order valence-corrected chi connectivity index (χ4v) is 4.22. The number of aromatic nitrogens is 2. The Kier molecular flexibility index (Phi) is 5.75. The van der Waals surface area contributed by atoms with Gasteiger partial charge in [-0.05, 0) is 25.7 Å². The summed E-state index contributed by atoms with van der Waals surface area (Å²) in [4.78, 5) is 0. The number of nitrogens with zero attached hydrogens (tertiary/aromatic N) is 3. The molecular weight excluding hydrogens is 332 g/mol. The van der Waals surface area contributed by atoms with E-state index < -0.39 is 0 Å². The number of hydrogen-bond acceptors (Lipinski definition) is 5. The number of morpholine rings is 1. The SMILES string of the molecule is Nc1cn(C2CCC(=[N+]3CCOCC3)CC2)nc1OCC1CCCOC1. The van der Waals surface area contributed by atoms with Gasteiger partial charge in [0.2, 0.25) is 0 Å². The Morgan fingerprint density at radius 3 is 2.69 bits per heavy atom. The molecule has 2 N–H and O–H groups in total. The Bertz CT molecular complexity index is 619. The molecule has 1 aromatic rings. The van der Waals surface area contributed by atoms with Crippen LogP contribution in [0.3, 0.4) is 0 Å². The van der Waals surface area contributed by atoms with E-state index in [0.717, 1.165) is 78.0 Å². The van der Waals surface area contributed by atoms with E-state index in [1.807, 2.05) is 10.9 Å². The first-order valence-electron chi connectivity index (χ1n) is 10.0. The molecule has 7 nitrogen and oxygen atoms in total. The minimum Gasteiger partial charge on any atom is -0.475 e. The van der Waals surface area contributed by atoms with Gasteiger partial charge in [0.15, 0.2) is 18.8 Å². The predicted molar refractivity (Wildman–Crippen MR) is 99.0 cm³/mol. The van der Waals surface area contributed by atoms with Crippen LogP contribution in [0.15, 0.2) is 6.20 Å². The van der Waals surface area contributed by atoms with Crippen LogP contribution in [0.1, 0.15) is 44.6 Å². The monoisotopic (exact) mass is 363 g/mol. The molecule has 4 rings (SSSR count). The summed E-state index contributed by atoms with van der Waals surface area (Å²) in [6.07, 6.45) is 8.72. The van der Waals surface area contributed by atoms with Crippen molar-refractivity contribution in [2.24, 2.45) is 5.92 Å². The molecule has 0 spiro atoms. The number of anilines is 1. The van der Waals surface area contributed by atoms with Crippen molar-refractivity contribution in [3.63, 3.8) is 0 Å². The lowest BCUT2D eigenvalue weighted by atomic mass is 9.93. The molecule has 7 heteroatoms. The van der Waals surface area contributed by atoms with E-state index in [1.54, 1.807) is 5.71 Å². The van der Waals surface area contributed by atoms with Crippen LogP contribution in [0, 0.1) is 5.92 Å². The molecule has 3 heterocycles. The van der Waals surface area contributed by atoms with E-state index >= 15 is 0 Å². The number of hydrogen-bond donors (Lipinski definition) is 1. The van der Waals surface area contributed by atoms with Gasteiger partial charge in [0.05, 0.1) is 25.5 Å². The van der Waals surface area contributed by atoms with Gasteiger partial charge in [0.25, 0.3) is 5.88 Å². The van der Waals surface area contributed by atoms with Crippen molar-refractivity contribution in [2.75, 3.05) is 51.9 Å². The van der Waals surface area contributed by atoms with Crippen LogP contribution in [0.4, 0.5) is 5.69 Å². The van der Waals surface area contributed by atoms with Crippen molar-refractivity contribution < 1.29 is 18.8 Å². The summed E-state index contributed by atoms with van der Waals surface area (Å²) in [7, 11) is 0. The van der Waals surface area contributed by atoms with Crippen molar-refractivity contribution in [3.05, 3.63) is 6.20 Å². The molecule has 1 saturated carbocycles. The maximum atomic E-state index is 6.14. The van der Waals surface area contributed by atoms with Gasteiger partial charge in [0, 0.05) is 25.4 Å². The van der Waals surface area contributed by atoms with E-state index in [4.69, 9.17) is 19.9 Å². The van der Waals surface area contributed by atoms with Gasteiger partial charge >= 0.3 is 0 Å². The lowest BCUT2D eigenvalue weighted by Crippen LogP contribution is -2.35. The lowest BCUT2D eigenvalue weighted by Gasteiger charge is -2.24. The summed E-state index contributed by atoms with van der Waals surface area (Å²) >= 11 is 0. The van der Waals surface area contributed by atoms with Crippen molar-refractivity contribution in [3.8, 4) is 5.88 Å². The van der Waals surface area contributed by atoms with Crippen molar-refractivity contribution >= 4 is 11.4 Å². The first-order chi connectivity index (χ1) is 12.8. The fraction of sp³-hybridized carbons (Fsp3) is 0.789. The summed E-state index contributed by atoms with van der Waals surface area (Å²) in [5.41, 5.74) is 8.37. The predicted octanol–water partition coefficient (Wildman–Crippen LogP) is 1.87. The van der Waals surface area contributed by atoms with Gasteiger partial charge in [-0.25, -0.2) is 4.58 Å². The van der Waals surface area contributed by atoms with Gasteiger partial charge in [-0.2, -0.15) is 0 Å². The first kappa shape index (κ1) is 17.8. The zero-order valence-corrected chi connectivity index (χ0v) is 15.6. The Balaban J connectivity index is 1.32. The molecular formula is C19H31N4O3+. The zero-order valence-electron chi connectivity index (χ0n) is 15.6. The topological polar surface area (TPSA) is 74.5 Å². The highest BCUT2D eigenvalue weighted by molar-refractivity contribution is 5.80. The smallest absolute Gasteiger partial charge is 0.256 e. The highest BCUT2D eigenvalue weighted by atomic mass is 16.5. The molecule has 1 unspecified atom stereocenters. The average Bonchev–Trinajstić information content (AvgIpc) is 3.09. The molecule has 2 aliphatic heterocycles. The van der Waals surface area contributed by atoms with Crippen molar-refractivity contribution in [1.82, 2.24) is 9.78 Å². The largest absolute Gasteiger partial charge is 0.475 e. The molecule has 1 aliphatic carbocycles. The number of nitrogen functional groups attached to an aromatic ring is 1. The summed E-state index contributed by atoms with van der Waals surface area (Å²) in [6.45, 7) is 6.09. The highest BCUT2D eigenvalue weighted by Crippen LogP contribution is 2.30. The normalized spacial score (nSPS) is 27.5. The van der Waals surface area contributed by atoms with Gasteiger partial charge in [-0.3, -0.25) is 4.68 Å². The molecule has 2 saturated heterocycles. The fourth-order valence-electron chi connectivity index (χ4n) is 4.22. The van der Waals surface area contributed by atoms with Crippen molar-refractivity contribution in [2.45, 2.75) is 44.6 Å². The van der Waals surface area contributed by atoms with Crippen LogP contribution in [0.25, 0.3) is 0 Å². The second-order valence-corrected chi connectivity index (χ2v) is 7.66. The van der Waals surface area contributed by atoms with Crippen LogP contribution in [-0.2, 0) is 9.47 Å². The third-order valence-electron chi connectivity index (χ3n) is 5.80. The number of ether oxygens (including phenoxy) is 3. The van der Waals surface area contributed by atoms with Gasteiger partial charge in [-0.15, -0.1) is 5.10 Å². The zero-order chi connectivity index (χ0) is 17.8. The summed E-state index contributed by atoms with van der Waals surface area (Å²) in [6, 6.07) is 0.414. The standard InChI is InChI=1S/C19H31N4O3/c20-18-12-23(21-19(18)26-14-15-2-1-9-25-13-15)17-5-3-16(4-6-17)22-7-10-24-11-8-22/h12,15,17H,1-11,13-14,20H2/q+1. The molecule has 3 aliphatic rings. The third-order valence-corrected chi connectivity index (χ3v) is 5.80. The molecule has 0 bridgehead atoms. The maximum absolute atomic E-state index is 6.14. The van der Waals surface area contributed by atoms with Gasteiger partial charge in [-0.1, -0.05) is 0 Å². The molecule has 1 atom stereocenters. The third kappa shape index (κ3) is 4.20. The average molecular weight is 363 g/mol. The second-order valence-electron chi connectivity index (χ2n) is 7.66. The Labute approximate surface area is 155 Å². The molecule has 1 aromatic heterocycles.